The van der Waals surface area contributed by atoms with E-state index < -0.39 is 0 Å². The molecule has 0 N–H and O–H groups in total. The Morgan fingerprint density at radius 3 is 2.60 bits per heavy atom. The van der Waals surface area contributed by atoms with Gasteiger partial charge in [-0.1, -0.05) is 42.5 Å². The maximum atomic E-state index is 3.01. The highest BCUT2D eigenvalue weighted by atomic mass is 13.8. The highest BCUT2D eigenvalue weighted by Gasteiger charge is 1.75. The molecule has 0 amide bonds. The third kappa shape index (κ3) is 3.08. The molecule has 0 aromatic carbocycles. The predicted molar refractivity (Wildman–Crippen MR) is 44.5 cm³/mol. The first-order chi connectivity index (χ1) is 5.00. The van der Waals surface area contributed by atoms with Gasteiger partial charge in [-0.05, 0) is 18.9 Å². The number of hydrogen-bond donors (Lipinski definition) is 0. The molecule has 0 atom stereocenters. The van der Waals surface area contributed by atoms with Crippen LogP contribution in [0.3, 0.4) is 0 Å². The standard InChI is InChI=1S/C10H11/c1-2-4-6-8-10-9-7-5-3-1/h1-4,8-10H,5,7H2. The van der Waals surface area contributed by atoms with Crippen LogP contribution in [0.15, 0.2) is 42.5 Å². The fraction of sp³-hybridized carbons (Fsp3) is 0.200. The topological polar surface area (TPSA) is 0 Å². The quantitative estimate of drug-likeness (QED) is 0.474. The maximum absolute atomic E-state index is 3.01. The molecule has 0 aromatic rings. The van der Waals surface area contributed by atoms with Crippen molar-refractivity contribution in [1.29, 1.82) is 0 Å². The fourth-order valence-electron chi connectivity index (χ4n) is 0.754. The maximum Gasteiger partial charge on any atom is -0.0184 e. The Morgan fingerprint density at radius 2 is 1.70 bits per heavy atom. The van der Waals surface area contributed by atoms with Crippen molar-refractivity contribution in [3.63, 3.8) is 0 Å². The Balaban J connectivity index is 2.53. The zero-order valence-electron chi connectivity index (χ0n) is 5.96. The molecule has 10 heavy (non-hydrogen) atoms. The van der Waals surface area contributed by atoms with E-state index in [1.807, 2.05) is 24.3 Å². The highest BCUT2D eigenvalue weighted by molar-refractivity contribution is 5.12. The van der Waals surface area contributed by atoms with Gasteiger partial charge in [0.05, 0.1) is 0 Å². The van der Waals surface area contributed by atoms with E-state index in [1.165, 1.54) is 0 Å². The molecule has 0 heterocycles. The molecule has 0 saturated heterocycles. The van der Waals surface area contributed by atoms with E-state index in [2.05, 4.69) is 24.3 Å². The Bertz CT molecular complexity index is 158. The van der Waals surface area contributed by atoms with Gasteiger partial charge in [-0.25, -0.2) is 0 Å². The summed E-state index contributed by atoms with van der Waals surface area (Å²) in [7, 11) is 0. The second kappa shape index (κ2) is 4.80. The van der Waals surface area contributed by atoms with Gasteiger partial charge in [-0.3, -0.25) is 0 Å². The van der Waals surface area contributed by atoms with Crippen LogP contribution in [0.1, 0.15) is 12.8 Å². The van der Waals surface area contributed by atoms with Crippen LogP contribution in [0.5, 0.6) is 0 Å². The summed E-state index contributed by atoms with van der Waals surface area (Å²) < 4.78 is 0. The van der Waals surface area contributed by atoms with Crippen molar-refractivity contribution in [2.75, 3.05) is 0 Å². The van der Waals surface area contributed by atoms with Crippen LogP contribution in [0.4, 0.5) is 0 Å². The zero-order valence-corrected chi connectivity index (χ0v) is 5.96. The van der Waals surface area contributed by atoms with Gasteiger partial charge >= 0.3 is 0 Å². The summed E-state index contributed by atoms with van der Waals surface area (Å²) in [6.45, 7) is 0. The lowest BCUT2D eigenvalue weighted by Gasteiger charge is -1.85. The van der Waals surface area contributed by atoms with E-state index in [1.54, 1.807) is 0 Å². The van der Waals surface area contributed by atoms with Crippen molar-refractivity contribution in [2.24, 2.45) is 0 Å². The van der Waals surface area contributed by atoms with Crippen molar-refractivity contribution in [3.05, 3.63) is 48.6 Å². The lowest BCUT2D eigenvalue weighted by molar-refractivity contribution is 1.05. The molecule has 1 rings (SSSR count). The van der Waals surface area contributed by atoms with Gasteiger partial charge in [0, 0.05) is 0 Å². The number of hydrogen-bond acceptors (Lipinski definition) is 0. The minimum atomic E-state index is 1.13. The minimum Gasteiger partial charge on any atom is -0.0842 e. The first-order valence-corrected chi connectivity index (χ1v) is 3.56. The first-order valence-electron chi connectivity index (χ1n) is 3.56. The summed E-state index contributed by atoms with van der Waals surface area (Å²) in [6.07, 6.45) is 19.5. The summed E-state index contributed by atoms with van der Waals surface area (Å²) in [6, 6.07) is 0. The minimum absolute atomic E-state index is 1.13. The zero-order chi connectivity index (χ0) is 7.07. The number of rotatable bonds is 0. The molecule has 0 unspecified atom stereocenters. The van der Waals surface area contributed by atoms with Crippen LogP contribution >= 0.6 is 0 Å². The van der Waals surface area contributed by atoms with Crippen LogP contribution in [-0.2, 0) is 0 Å². The Labute approximate surface area is 62.3 Å². The third-order valence-corrected chi connectivity index (χ3v) is 1.27. The van der Waals surface area contributed by atoms with E-state index in [0.717, 1.165) is 12.8 Å². The van der Waals surface area contributed by atoms with Crippen molar-refractivity contribution in [3.8, 4) is 0 Å². The second-order valence-corrected chi connectivity index (χ2v) is 2.13. The van der Waals surface area contributed by atoms with Gasteiger partial charge in [-0.15, -0.1) is 0 Å². The van der Waals surface area contributed by atoms with Crippen molar-refractivity contribution < 1.29 is 0 Å². The van der Waals surface area contributed by atoms with Crippen LogP contribution in [-0.4, -0.2) is 0 Å². The molecule has 0 heteroatoms. The Kier molecular flexibility index (Phi) is 3.40. The first kappa shape index (κ1) is 7.07. The van der Waals surface area contributed by atoms with Crippen molar-refractivity contribution in [1.82, 2.24) is 0 Å². The van der Waals surface area contributed by atoms with Crippen LogP contribution in [0, 0.1) is 6.08 Å². The van der Waals surface area contributed by atoms with Crippen LogP contribution in [0.2, 0.25) is 0 Å². The summed E-state index contributed by atoms with van der Waals surface area (Å²) in [5.41, 5.74) is 0. The molecule has 0 aliphatic heterocycles. The molecule has 0 fully saturated rings. The molecule has 1 aliphatic carbocycles. The van der Waals surface area contributed by atoms with Crippen LogP contribution < -0.4 is 0 Å². The van der Waals surface area contributed by atoms with E-state index in [4.69, 9.17) is 0 Å². The van der Waals surface area contributed by atoms with E-state index in [9.17, 15) is 0 Å². The van der Waals surface area contributed by atoms with Gasteiger partial charge in [0.25, 0.3) is 0 Å². The van der Waals surface area contributed by atoms with Gasteiger partial charge in [0.2, 0.25) is 0 Å². The summed E-state index contributed by atoms with van der Waals surface area (Å²) in [4.78, 5) is 0. The molecule has 0 saturated carbocycles. The SMILES string of the molecule is [C]1=CC=CCCC=CC=C1. The molecule has 51 valence electrons. The monoisotopic (exact) mass is 131 g/mol. The molecule has 1 aliphatic rings. The summed E-state index contributed by atoms with van der Waals surface area (Å²) in [5.74, 6) is 0. The third-order valence-electron chi connectivity index (χ3n) is 1.27. The number of allylic oxidation sites excluding steroid dienone is 8. The smallest absolute Gasteiger partial charge is 0.0184 e. The van der Waals surface area contributed by atoms with Crippen molar-refractivity contribution in [2.45, 2.75) is 12.8 Å². The highest BCUT2D eigenvalue weighted by Crippen LogP contribution is 1.95. The molecule has 0 nitrogen and oxygen atoms in total. The summed E-state index contributed by atoms with van der Waals surface area (Å²) >= 11 is 0. The van der Waals surface area contributed by atoms with E-state index >= 15 is 0 Å². The fourth-order valence-corrected chi connectivity index (χ4v) is 0.754. The Hall–Kier alpha value is -1.04. The molecule has 0 aromatic heterocycles. The van der Waals surface area contributed by atoms with Gasteiger partial charge in [0.15, 0.2) is 0 Å². The van der Waals surface area contributed by atoms with E-state index in [0.29, 0.717) is 0 Å². The lowest BCUT2D eigenvalue weighted by Crippen LogP contribution is -1.65. The lowest BCUT2D eigenvalue weighted by atomic mass is 10.2. The summed E-state index contributed by atoms with van der Waals surface area (Å²) in [5, 5.41) is 0. The second-order valence-electron chi connectivity index (χ2n) is 2.13. The van der Waals surface area contributed by atoms with E-state index in [-0.39, 0.29) is 0 Å². The average Bonchev–Trinajstić information content (AvgIpc) is 2.01. The van der Waals surface area contributed by atoms with Gasteiger partial charge in [0.1, 0.15) is 0 Å². The molecule has 0 bridgehead atoms. The largest absolute Gasteiger partial charge is 0.0842 e. The van der Waals surface area contributed by atoms with Crippen LogP contribution in [0.25, 0.3) is 0 Å². The van der Waals surface area contributed by atoms with Gasteiger partial charge in [-0.2, -0.15) is 0 Å². The average molecular weight is 131 g/mol. The Morgan fingerprint density at radius 1 is 0.900 bits per heavy atom. The predicted octanol–water partition coefficient (Wildman–Crippen LogP) is 2.81. The van der Waals surface area contributed by atoms with Crippen molar-refractivity contribution >= 4 is 0 Å². The normalized spacial score (nSPS) is 17.6. The molecular formula is C10H11. The van der Waals surface area contributed by atoms with Gasteiger partial charge < -0.3 is 0 Å². The molecule has 1 radical (unpaired) electrons. The molecule has 0 spiro atoms. The molecular weight excluding hydrogens is 120 g/mol.